The van der Waals surface area contributed by atoms with Gasteiger partial charge in [0.25, 0.3) is 0 Å². The van der Waals surface area contributed by atoms with Gasteiger partial charge in [0.15, 0.2) is 0 Å². The number of hydrogen-bond acceptors (Lipinski definition) is 5. The zero-order valence-corrected chi connectivity index (χ0v) is 20.3. The Labute approximate surface area is 192 Å². The van der Waals surface area contributed by atoms with Crippen molar-refractivity contribution in [1.29, 1.82) is 0 Å². The van der Waals surface area contributed by atoms with E-state index in [-0.39, 0.29) is 29.1 Å². The van der Waals surface area contributed by atoms with Crippen molar-refractivity contribution in [2.75, 3.05) is 7.11 Å². The maximum atomic E-state index is 11.7. The summed E-state index contributed by atoms with van der Waals surface area (Å²) in [5.41, 5.74) is 1.78. The van der Waals surface area contributed by atoms with Gasteiger partial charge >= 0.3 is 11.9 Å². The van der Waals surface area contributed by atoms with Gasteiger partial charge < -0.3 is 14.2 Å². The monoisotopic (exact) mass is 444 g/mol. The first-order valence-electron chi connectivity index (χ1n) is 12.8. The summed E-state index contributed by atoms with van der Waals surface area (Å²) in [7, 11) is 1.47. The Bertz CT molecular complexity index is 819. The molecule has 0 spiro atoms. The van der Waals surface area contributed by atoms with Gasteiger partial charge in [-0.05, 0) is 93.0 Å². The molecule has 2 bridgehead atoms. The molecule has 1 aliphatic heterocycles. The van der Waals surface area contributed by atoms with E-state index < -0.39 is 0 Å². The third-order valence-corrected chi connectivity index (χ3v) is 10.8. The molecular formula is C27H40O5. The highest BCUT2D eigenvalue weighted by Crippen LogP contribution is 2.72. The molecule has 5 nitrogen and oxygen atoms in total. The molecule has 0 aromatic carbocycles. The minimum absolute atomic E-state index is 0.0456. The van der Waals surface area contributed by atoms with Gasteiger partial charge in [-0.25, -0.2) is 0 Å². The van der Waals surface area contributed by atoms with Crippen LogP contribution in [0.1, 0.15) is 91.4 Å². The van der Waals surface area contributed by atoms with Crippen molar-refractivity contribution < 1.29 is 23.8 Å². The topological polar surface area (TPSA) is 61.8 Å². The second kappa shape index (κ2) is 7.77. The van der Waals surface area contributed by atoms with Crippen LogP contribution >= 0.6 is 0 Å². The van der Waals surface area contributed by atoms with E-state index in [9.17, 15) is 9.59 Å². The fourth-order valence-corrected chi connectivity index (χ4v) is 9.22. The summed E-state index contributed by atoms with van der Waals surface area (Å²) < 4.78 is 17.3. The predicted molar refractivity (Wildman–Crippen MR) is 120 cm³/mol. The Morgan fingerprint density at radius 3 is 2.62 bits per heavy atom. The van der Waals surface area contributed by atoms with Crippen molar-refractivity contribution in [3.63, 3.8) is 0 Å². The SMILES string of the molecule is COC(=O)CCC1=CO[C@]23CC[C@H]1[C@@]2(C)CC[C@H]1[C@H]3CC[C@@H]2C[C@@H](OC(C)=O)CC[C@@]21C. The molecule has 5 rings (SSSR count). The quantitative estimate of drug-likeness (QED) is 0.531. The molecule has 0 aromatic heterocycles. The number of fused-ring (bicyclic) bond motifs is 3. The lowest BCUT2D eigenvalue weighted by molar-refractivity contribution is -0.219. The Hall–Kier alpha value is -1.52. The summed E-state index contributed by atoms with van der Waals surface area (Å²) in [4.78, 5) is 23.3. The highest BCUT2D eigenvalue weighted by molar-refractivity contribution is 5.69. The number of ether oxygens (including phenoxy) is 3. The van der Waals surface area contributed by atoms with E-state index in [2.05, 4.69) is 20.1 Å². The smallest absolute Gasteiger partial charge is 0.305 e. The van der Waals surface area contributed by atoms with Crippen LogP contribution in [-0.4, -0.2) is 30.8 Å². The van der Waals surface area contributed by atoms with E-state index in [4.69, 9.17) is 14.2 Å². The molecule has 0 radical (unpaired) electrons. The van der Waals surface area contributed by atoms with E-state index >= 15 is 0 Å². The van der Waals surface area contributed by atoms with Gasteiger partial charge in [-0.2, -0.15) is 0 Å². The third kappa shape index (κ3) is 3.09. The zero-order valence-electron chi connectivity index (χ0n) is 20.3. The Kier molecular flexibility index (Phi) is 5.41. The van der Waals surface area contributed by atoms with Gasteiger partial charge in [0.1, 0.15) is 11.7 Å². The molecule has 178 valence electrons. The Balaban J connectivity index is 1.38. The fraction of sp³-hybridized carbons (Fsp3) is 0.852. The summed E-state index contributed by atoms with van der Waals surface area (Å²) in [6.45, 7) is 6.55. The molecule has 1 heterocycles. The predicted octanol–water partition coefficient (Wildman–Crippen LogP) is 5.57. The summed E-state index contributed by atoms with van der Waals surface area (Å²) >= 11 is 0. The van der Waals surface area contributed by atoms with E-state index in [1.54, 1.807) is 0 Å². The third-order valence-electron chi connectivity index (χ3n) is 10.8. The summed E-state index contributed by atoms with van der Waals surface area (Å²) in [5, 5.41) is 0. The van der Waals surface area contributed by atoms with Gasteiger partial charge in [-0.15, -0.1) is 0 Å². The maximum Gasteiger partial charge on any atom is 0.305 e. The largest absolute Gasteiger partial charge is 0.494 e. The molecule has 4 aliphatic carbocycles. The highest BCUT2D eigenvalue weighted by atomic mass is 16.5. The molecule has 8 atom stereocenters. The van der Waals surface area contributed by atoms with E-state index in [0.717, 1.165) is 32.1 Å². The van der Waals surface area contributed by atoms with Crippen molar-refractivity contribution >= 4 is 11.9 Å². The average Bonchev–Trinajstić information content (AvgIpc) is 2.93. The number of allylic oxidation sites excluding steroid dienone is 1. The van der Waals surface area contributed by atoms with Gasteiger partial charge in [0.2, 0.25) is 0 Å². The molecule has 5 aliphatic rings. The standard InChI is InChI=1S/C27H40O5/c1-17(28)32-20-9-12-25(2)19(15-20)6-7-23-22(25)10-13-26(3)21-11-14-27(23,26)31-16-18(21)5-8-24(29)30-4/h16,19-23H,5-15H2,1-4H3/t19-,20+,21-,22+,23-,25+,26-,27+/m1/s1. The van der Waals surface area contributed by atoms with Crippen LogP contribution in [0.5, 0.6) is 0 Å². The lowest BCUT2D eigenvalue weighted by atomic mass is 9.43. The summed E-state index contributed by atoms with van der Waals surface area (Å²) in [6, 6.07) is 0. The lowest BCUT2D eigenvalue weighted by Crippen LogP contribution is -2.63. The van der Waals surface area contributed by atoms with Gasteiger partial charge in [0, 0.05) is 24.7 Å². The molecule has 0 amide bonds. The first-order chi connectivity index (χ1) is 15.2. The van der Waals surface area contributed by atoms with Crippen molar-refractivity contribution in [2.24, 2.45) is 34.5 Å². The zero-order chi connectivity index (χ0) is 22.7. The first kappa shape index (κ1) is 22.3. The minimum Gasteiger partial charge on any atom is -0.494 e. The molecule has 0 aromatic rings. The van der Waals surface area contributed by atoms with Crippen LogP contribution in [0, 0.1) is 34.5 Å². The molecule has 0 unspecified atom stereocenters. The van der Waals surface area contributed by atoms with Crippen LogP contribution in [0.15, 0.2) is 11.8 Å². The number of carbonyl (C=O) groups excluding carboxylic acids is 2. The van der Waals surface area contributed by atoms with E-state index in [1.165, 1.54) is 51.7 Å². The summed E-state index contributed by atoms with van der Waals surface area (Å²) in [6.07, 6.45) is 13.8. The van der Waals surface area contributed by atoms with Crippen LogP contribution in [0.4, 0.5) is 0 Å². The number of methoxy groups -OCH3 is 1. The molecule has 5 heteroatoms. The maximum absolute atomic E-state index is 11.7. The van der Waals surface area contributed by atoms with Crippen molar-refractivity contribution in [2.45, 2.75) is 103 Å². The fourth-order valence-electron chi connectivity index (χ4n) is 9.22. The van der Waals surface area contributed by atoms with E-state index in [1.807, 2.05) is 0 Å². The summed E-state index contributed by atoms with van der Waals surface area (Å²) in [5.74, 6) is 2.21. The highest BCUT2D eigenvalue weighted by Gasteiger charge is 2.70. The minimum atomic E-state index is -0.137. The molecule has 0 saturated heterocycles. The van der Waals surface area contributed by atoms with Crippen molar-refractivity contribution in [1.82, 2.24) is 0 Å². The van der Waals surface area contributed by atoms with Crippen LogP contribution in [0.2, 0.25) is 0 Å². The second-order valence-electron chi connectivity index (χ2n) is 11.8. The molecular weight excluding hydrogens is 404 g/mol. The van der Waals surface area contributed by atoms with E-state index in [0.29, 0.717) is 35.5 Å². The van der Waals surface area contributed by atoms with Crippen molar-refractivity contribution in [3.05, 3.63) is 11.8 Å². The Morgan fingerprint density at radius 2 is 1.88 bits per heavy atom. The molecule has 4 saturated carbocycles. The van der Waals surface area contributed by atoms with Gasteiger partial charge in [0.05, 0.1) is 13.4 Å². The molecule has 0 N–H and O–H groups in total. The number of hydrogen-bond donors (Lipinski definition) is 0. The van der Waals surface area contributed by atoms with Crippen LogP contribution in [0.3, 0.4) is 0 Å². The normalized spacial score (nSPS) is 46.6. The number of rotatable bonds is 4. The second-order valence-corrected chi connectivity index (χ2v) is 11.8. The first-order valence-corrected chi connectivity index (χ1v) is 12.8. The number of esters is 2. The van der Waals surface area contributed by atoms with Gasteiger partial charge in [-0.1, -0.05) is 13.8 Å². The van der Waals surface area contributed by atoms with Gasteiger partial charge in [-0.3, -0.25) is 9.59 Å². The number of carbonyl (C=O) groups is 2. The van der Waals surface area contributed by atoms with Crippen LogP contribution < -0.4 is 0 Å². The van der Waals surface area contributed by atoms with Crippen molar-refractivity contribution in [3.8, 4) is 0 Å². The molecule has 32 heavy (non-hydrogen) atoms. The lowest BCUT2D eigenvalue weighted by Gasteiger charge is -2.65. The Morgan fingerprint density at radius 1 is 1.06 bits per heavy atom. The van der Waals surface area contributed by atoms with Crippen LogP contribution in [-0.2, 0) is 23.8 Å². The average molecular weight is 445 g/mol. The molecule has 4 fully saturated rings. The van der Waals surface area contributed by atoms with Crippen LogP contribution in [0.25, 0.3) is 0 Å².